The fourth-order valence-corrected chi connectivity index (χ4v) is 1.56. The molecule has 2 amide bonds. The van der Waals surface area contributed by atoms with Gasteiger partial charge in [0.05, 0.1) is 6.54 Å². The topological polar surface area (TPSA) is 49.4 Å². The van der Waals surface area contributed by atoms with Crippen LogP contribution in [0.25, 0.3) is 0 Å². The Hall–Kier alpha value is -1.06. The summed E-state index contributed by atoms with van der Waals surface area (Å²) in [5.41, 5.74) is -0.405. The van der Waals surface area contributed by atoms with E-state index in [0.29, 0.717) is 6.54 Å². The third-order valence-corrected chi connectivity index (χ3v) is 2.16. The van der Waals surface area contributed by atoms with Crippen LogP contribution in [0.2, 0.25) is 0 Å². The van der Waals surface area contributed by atoms with Crippen LogP contribution >= 0.6 is 0 Å². The first kappa shape index (κ1) is 11.0. The van der Waals surface area contributed by atoms with E-state index in [-0.39, 0.29) is 24.4 Å². The molecule has 1 rings (SSSR count). The number of amides is 2. The molecule has 0 saturated carbocycles. The van der Waals surface area contributed by atoms with E-state index in [1.807, 2.05) is 27.7 Å². The van der Waals surface area contributed by atoms with Gasteiger partial charge in [-0.1, -0.05) is 20.8 Å². The third kappa shape index (κ3) is 2.47. The summed E-state index contributed by atoms with van der Waals surface area (Å²) >= 11 is 0. The van der Waals surface area contributed by atoms with Gasteiger partial charge in [-0.3, -0.25) is 9.59 Å². The Morgan fingerprint density at radius 1 is 1.50 bits per heavy atom. The first-order valence-electron chi connectivity index (χ1n) is 4.89. The summed E-state index contributed by atoms with van der Waals surface area (Å²) in [4.78, 5) is 24.7. The Morgan fingerprint density at radius 3 is 2.50 bits per heavy atom. The van der Waals surface area contributed by atoms with Crippen LogP contribution in [-0.4, -0.2) is 35.8 Å². The van der Waals surface area contributed by atoms with Gasteiger partial charge in [0.2, 0.25) is 11.8 Å². The maximum absolute atomic E-state index is 11.9. The number of rotatable bonds is 0. The average molecular weight is 198 g/mol. The van der Waals surface area contributed by atoms with E-state index in [0.717, 1.165) is 0 Å². The Morgan fingerprint density at radius 2 is 2.07 bits per heavy atom. The molecule has 1 unspecified atom stereocenters. The largest absolute Gasteiger partial charge is 0.350 e. The number of hydrogen-bond donors (Lipinski definition) is 1. The molecule has 0 bridgehead atoms. The van der Waals surface area contributed by atoms with Crippen LogP contribution in [0.1, 0.15) is 27.7 Å². The average Bonchev–Trinajstić information content (AvgIpc) is 1.99. The van der Waals surface area contributed by atoms with Crippen molar-refractivity contribution in [2.24, 2.45) is 5.41 Å². The van der Waals surface area contributed by atoms with E-state index >= 15 is 0 Å². The molecule has 0 radical (unpaired) electrons. The van der Waals surface area contributed by atoms with Crippen molar-refractivity contribution in [1.82, 2.24) is 10.2 Å². The lowest BCUT2D eigenvalue weighted by atomic mass is 9.94. The highest BCUT2D eigenvalue weighted by molar-refractivity contribution is 5.88. The lowest BCUT2D eigenvalue weighted by molar-refractivity contribution is -0.145. The number of nitrogens with one attached hydrogen (secondary N) is 1. The lowest BCUT2D eigenvalue weighted by Gasteiger charge is -2.35. The minimum Gasteiger partial charge on any atom is -0.350 e. The Kier molecular flexibility index (Phi) is 2.83. The van der Waals surface area contributed by atoms with Gasteiger partial charge < -0.3 is 10.2 Å². The molecule has 4 heteroatoms. The lowest BCUT2D eigenvalue weighted by Crippen LogP contribution is -2.56. The molecule has 1 heterocycles. The van der Waals surface area contributed by atoms with Crippen LogP contribution in [-0.2, 0) is 9.59 Å². The molecule has 0 aromatic carbocycles. The van der Waals surface area contributed by atoms with E-state index in [2.05, 4.69) is 5.32 Å². The van der Waals surface area contributed by atoms with E-state index in [9.17, 15) is 9.59 Å². The normalized spacial score (nSPS) is 23.3. The molecular weight excluding hydrogens is 180 g/mol. The summed E-state index contributed by atoms with van der Waals surface area (Å²) in [6, 6.07) is 0.0579. The molecular formula is C10H18N2O2. The van der Waals surface area contributed by atoms with Crippen molar-refractivity contribution in [1.29, 1.82) is 0 Å². The Labute approximate surface area is 84.7 Å². The van der Waals surface area contributed by atoms with Crippen molar-refractivity contribution in [3.8, 4) is 0 Å². The quantitative estimate of drug-likeness (QED) is 0.611. The minimum atomic E-state index is -0.405. The van der Waals surface area contributed by atoms with Crippen molar-refractivity contribution in [3.05, 3.63) is 0 Å². The fraction of sp³-hybridized carbons (Fsp3) is 0.800. The summed E-state index contributed by atoms with van der Waals surface area (Å²) in [6.07, 6.45) is 0. The monoisotopic (exact) mass is 198 g/mol. The number of hydrogen-bond acceptors (Lipinski definition) is 2. The van der Waals surface area contributed by atoms with Crippen LogP contribution in [0.5, 0.6) is 0 Å². The first-order valence-corrected chi connectivity index (χ1v) is 4.89. The number of carbonyl (C=O) groups excluding carboxylic acids is 2. The van der Waals surface area contributed by atoms with E-state index < -0.39 is 5.41 Å². The zero-order valence-corrected chi connectivity index (χ0v) is 9.26. The SMILES string of the molecule is CC1CN(C(=O)C(C)(C)C)CC(=O)N1. The fourth-order valence-electron chi connectivity index (χ4n) is 1.56. The highest BCUT2D eigenvalue weighted by Gasteiger charge is 2.32. The molecule has 4 nitrogen and oxygen atoms in total. The van der Waals surface area contributed by atoms with Gasteiger partial charge in [0, 0.05) is 18.0 Å². The summed E-state index contributed by atoms with van der Waals surface area (Å²) in [5, 5.41) is 2.78. The highest BCUT2D eigenvalue weighted by atomic mass is 16.2. The molecule has 0 spiro atoms. The van der Waals surface area contributed by atoms with E-state index in [1.165, 1.54) is 0 Å². The van der Waals surface area contributed by atoms with Crippen LogP contribution in [0.3, 0.4) is 0 Å². The second-order valence-corrected chi connectivity index (χ2v) is 4.90. The molecule has 80 valence electrons. The van der Waals surface area contributed by atoms with Crippen LogP contribution in [0.4, 0.5) is 0 Å². The second kappa shape index (κ2) is 3.59. The predicted octanol–water partition coefficient (Wildman–Crippen LogP) is 0.379. The van der Waals surface area contributed by atoms with Gasteiger partial charge in [-0.25, -0.2) is 0 Å². The van der Waals surface area contributed by atoms with Crippen LogP contribution < -0.4 is 5.32 Å². The van der Waals surface area contributed by atoms with Gasteiger partial charge in [-0.15, -0.1) is 0 Å². The Balaban J connectivity index is 2.69. The van der Waals surface area contributed by atoms with Gasteiger partial charge in [0.1, 0.15) is 0 Å². The van der Waals surface area contributed by atoms with E-state index in [1.54, 1.807) is 4.90 Å². The Bertz CT molecular complexity index is 255. The highest BCUT2D eigenvalue weighted by Crippen LogP contribution is 2.18. The molecule has 1 aliphatic heterocycles. The van der Waals surface area contributed by atoms with Crippen molar-refractivity contribution in [2.45, 2.75) is 33.7 Å². The van der Waals surface area contributed by atoms with E-state index in [4.69, 9.17) is 0 Å². The zero-order chi connectivity index (χ0) is 10.9. The van der Waals surface area contributed by atoms with Crippen LogP contribution in [0.15, 0.2) is 0 Å². The maximum atomic E-state index is 11.9. The van der Waals surface area contributed by atoms with Gasteiger partial charge in [-0.2, -0.15) is 0 Å². The van der Waals surface area contributed by atoms with Gasteiger partial charge in [0.25, 0.3) is 0 Å². The van der Waals surface area contributed by atoms with Crippen molar-refractivity contribution in [2.75, 3.05) is 13.1 Å². The van der Waals surface area contributed by atoms with Crippen molar-refractivity contribution >= 4 is 11.8 Å². The molecule has 1 N–H and O–H groups in total. The number of carbonyl (C=O) groups is 2. The second-order valence-electron chi connectivity index (χ2n) is 4.90. The molecule has 1 aliphatic rings. The van der Waals surface area contributed by atoms with Gasteiger partial charge >= 0.3 is 0 Å². The van der Waals surface area contributed by atoms with Gasteiger partial charge in [-0.05, 0) is 6.92 Å². The first-order chi connectivity index (χ1) is 6.30. The molecule has 0 aromatic heterocycles. The summed E-state index contributed by atoms with van der Waals surface area (Å²) in [6.45, 7) is 8.31. The molecule has 1 fully saturated rings. The predicted molar refractivity (Wildman–Crippen MR) is 53.6 cm³/mol. The molecule has 0 aliphatic carbocycles. The molecule has 0 aromatic rings. The standard InChI is InChI=1S/C10H18N2O2/c1-7-5-12(6-8(13)11-7)9(14)10(2,3)4/h7H,5-6H2,1-4H3,(H,11,13). The minimum absolute atomic E-state index is 0.0409. The summed E-state index contributed by atoms with van der Waals surface area (Å²) < 4.78 is 0. The van der Waals surface area contributed by atoms with Crippen molar-refractivity contribution < 1.29 is 9.59 Å². The van der Waals surface area contributed by atoms with Crippen LogP contribution in [0, 0.1) is 5.41 Å². The molecule has 14 heavy (non-hydrogen) atoms. The summed E-state index contributed by atoms with van der Waals surface area (Å²) in [7, 11) is 0. The van der Waals surface area contributed by atoms with Gasteiger partial charge in [0.15, 0.2) is 0 Å². The maximum Gasteiger partial charge on any atom is 0.239 e. The van der Waals surface area contributed by atoms with Crippen molar-refractivity contribution in [3.63, 3.8) is 0 Å². The molecule has 1 saturated heterocycles. The summed E-state index contributed by atoms with van der Waals surface area (Å²) in [5.74, 6) is -0.0273. The smallest absolute Gasteiger partial charge is 0.239 e. The number of nitrogens with zero attached hydrogens (tertiary/aromatic N) is 1. The molecule has 1 atom stereocenters. The number of piperazine rings is 1. The third-order valence-electron chi connectivity index (χ3n) is 2.16. The zero-order valence-electron chi connectivity index (χ0n) is 9.26.